The van der Waals surface area contributed by atoms with Crippen LogP contribution in [0.4, 0.5) is 0 Å². The van der Waals surface area contributed by atoms with E-state index < -0.39 is 36.8 Å². The molecule has 1 fully saturated rings. The molecule has 0 aliphatic carbocycles. The van der Waals surface area contributed by atoms with Gasteiger partial charge in [0, 0.05) is 21.3 Å². The fourth-order valence-electron chi connectivity index (χ4n) is 3.37. The molecule has 1 aliphatic rings. The second-order valence-electron chi connectivity index (χ2n) is 9.55. The monoisotopic (exact) mass is 672 g/mol. The van der Waals surface area contributed by atoms with Crippen molar-refractivity contribution >= 4 is 61.1 Å². The lowest BCUT2D eigenvalue weighted by Gasteiger charge is -2.36. The van der Waals surface area contributed by atoms with E-state index in [0.29, 0.717) is 12.1 Å². The van der Waals surface area contributed by atoms with E-state index in [1.165, 1.54) is 12.2 Å². The van der Waals surface area contributed by atoms with Gasteiger partial charge in [0.15, 0.2) is 0 Å². The summed E-state index contributed by atoms with van der Waals surface area (Å²) in [5.41, 5.74) is 0. The lowest BCUT2D eigenvalue weighted by molar-refractivity contribution is 0.0142. The van der Waals surface area contributed by atoms with E-state index in [-0.39, 0.29) is 30.9 Å². The van der Waals surface area contributed by atoms with Gasteiger partial charge in [-0.2, -0.15) is 36.5 Å². The summed E-state index contributed by atoms with van der Waals surface area (Å²) in [6.07, 6.45) is 1.18. The predicted molar refractivity (Wildman–Crippen MR) is 172 cm³/mol. The van der Waals surface area contributed by atoms with Crippen LogP contribution < -0.4 is 0 Å². The van der Waals surface area contributed by atoms with E-state index in [2.05, 4.69) is 25.3 Å². The topological polar surface area (TPSA) is 147 Å². The van der Waals surface area contributed by atoms with E-state index in [4.69, 9.17) is 37.4 Å². The average Bonchev–Trinajstić information content (AvgIpc) is 3.43. The van der Waals surface area contributed by atoms with Gasteiger partial charge in [0.1, 0.15) is 0 Å². The first-order valence-corrected chi connectivity index (χ1v) is 23.2. The molecule has 5 N–H and O–H groups in total. The number of aliphatic hydroxyl groups excluding tert-OH is 5. The Bertz CT molecular complexity index is 530. The molecule has 0 aromatic rings. The quantitative estimate of drug-likeness (QED) is 0.0849. The lowest BCUT2D eigenvalue weighted by atomic mass is 10.3. The molecule has 1 rings (SSSR count). The Hall–Kier alpha value is 1.30. The van der Waals surface area contributed by atoms with E-state index in [0.717, 1.165) is 30.4 Å². The zero-order chi connectivity index (χ0) is 30.5. The van der Waals surface area contributed by atoms with Crippen LogP contribution in [0.15, 0.2) is 0 Å². The highest BCUT2D eigenvalue weighted by molar-refractivity contribution is 8.28. The minimum Gasteiger partial charge on any atom is -0.408 e. The molecular weight excluding hydrogens is 617 g/mol. The summed E-state index contributed by atoms with van der Waals surface area (Å²) in [5, 5.41) is 45.2. The molecular formula is C23H56O10S3Si3. The minimum atomic E-state index is -2.68. The van der Waals surface area contributed by atoms with Gasteiger partial charge in [-0.1, -0.05) is 0 Å². The van der Waals surface area contributed by atoms with Gasteiger partial charge in [-0.3, -0.25) is 0 Å². The summed E-state index contributed by atoms with van der Waals surface area (Å²) in [6.45, 7) is 6.88. The van der Waals surface area contributed by atoms with Crippen molar-refractivity contribution in [1.29, 1.82) is 0 Å². The van der Waals surface area contributed by atoms with Crippen molar-refractivity contribution < 1.29 is 47.7 Å². The Kier molecular flexibility index (Phi) is 25.8. The van der Waals surface area contributed by atoms with Crippen LogP contribution in [0.1, 0.15) is 47.0 Å². The number of thiol groups is 2. The average molecular weight is 673 g/mol. The summed E-state index contributed by atoms with van der Waals surface area (Å²) >= 11 is 10.3. The highest BCUT2D eigenvalue weighted by atomic mass is 32.4. The first-order valence-electron chi connectivity index (χ1n) is 13.4. The molecule has 0 radical (unpaired) electrons. The first-order chi connectivity index (χ1) is 18.3. The molecule has 7 unspecified atom stereocenters. The number of hydrogen-bond donors (Lipinski definition) is 7. The third kappa shape index (κ3) is 17.3. The van der Waals surface area contributed by atoms with Crippen molar-refractivity contribution in [2.45, 2.75) is 89.5 Å². The van der Waals surface area contributed by atoms with Crippen LogP contribution >= 0.6 is 36.5 Å². The lowest BCUT2D eigenvalue weighted by Crippen LogP contribution is -2.54. The Labute approximate surface area is 254 Å². The van der Waals surface area contributed by atoms with Crippen LogP contribution in [-0.4, -0.2) is 132 Å². The molecule has 0 saturated carbocycles. The Balaban J connectivity index is 0. The van der Waals surface area contributed by atoms with Crippen LogP contribution in [0.5, 0.6) is 0 Å². The second kappa shape index (κ2) is 23.7. The number of hydrogen-bond acceptors (Lipinski definition) is 13. The van der Waals surface area contributed by atoms with Crippen LogP contribution in [0.2, 0.25) is 18.1 Å². The zero-order valence-electron chi connectivity index (χ0n) is 24.9. The maximum Gasteiger partial charge on any atom is 0.364 e. The molecule has 0 aromatic carbocycles. The van der Waals surface area contributed by atoms with E-state index in [1.807, 2.05) is 25.1 Å². The molecule has 7 atom stereocenters. The SMILES string of the molecule is CC(O)C(C)O.CO[Si](CO)(CCCS)OC(C)C(C)O[Si](CO)(CCCS)OC.CO[Si]1(CO)CCCS1. The van der Waals surface area contributed by atoms with E-state index in [9.17, 15) is 10.2 Å². The third-order valence-electron chi connectivity index (χ3n) is 6.50. The largest absolute Gasteiger partial charge is 0.408 e. The fourth-order valence-corrected chi connectivity index (χ4v) is 14.5. The minimum absolute atomic E-state index is 0.110. The van der Waals surface area contributed by atoms with Gasteiger partial charge < -0.3 is 47.7 Å². The molecule has 10 nitrogen and oxygen atoms in total. The molecule has 1 saturated heterocycles. The van der Waals surface area contributed by atoms with Crippen molar-refractivity contribution in [1.82, 2.24) is 0 Å². The van der Waals surface area contributed by atoms with Crippen molar-refractivity contribution in [2.75, 3.05) is 57.3 Å². The fraction of sp³-hybridized carbons (Fsp3) is 1.00. The zero-order valence-corrected chi connectivity index (χ0v) is 30.5. The number of aliphatic hydroxyl groups is 5. The molecule has 0 amide bonds. The smallest absolute Gasteiger partial charge is 0.364 e. The number of rotatable bonds is 18. The standard InChI is InChI=1S/C14H34O6S2Si2.C5H12O2SSi.C4H10O2/c1-13(19-23(11-15,17-3)9-5-7-21)14(2)20-24(12-16,18-4)10-6-8-22;1-7-9(5-6)4-2-3-8-9;1-3(5)4(2)6/h13-16,21-22H,5-12H2,1-4H3;6H,2-5H2,1H3;3-6H,1-2H3. The Morgan fingerprint density at radius 2 is 1.21 bits per heavy atom. The summed E-state index contributed by atoms with van der Waals surface area (Å²) < 4.78 is 28.6. The van der Waals surface area contributed by atoms with Crippen LogP contribution in [0.25, 0.3) is 0 Å². The van der Waals surface area contributed by atoms with Gasteiger partial charge in [-0.25, -0.2) is 0 Å². The Morgan fingerprint density at radius 1 is 0.795 bits per heavy atom. The van der Waals surface area contributed by atoms with Gasteiger partial charge >= 0.3 is 17.1 Å². The summed E-state index contributed by atoms with van der Waals surface area (Å²) in [7, 11) is -2.10. The third-order valence-corrected chi connectivity index (χ3v) is 20.5. The maximum absolute atomic E-state index is 9.76. The molecule has 0 aromatic heterocycles. The maximum atomic E-state index is 9.76. The normalized spacial score (nSPS) is 23.2. The van der Waals surface area contributed by atoms with Crippen LogP contribution in [0, 0.1) is 0 Å². The van der Waals surface area contributed by atoms with Gasteiger partial charge in [0.2, 0.25) is 0 Å². The van der Waals surface area contributed by atoms with Gasteiger partial charge in [0.25, 0.3) is 7.47 Å². The van der Waals surface area contributed by atoms with Gasteiger partial charge in [-0.05, 0) is 82.3 Å². The Morgan fingerprint density at radius 3 is 1.38 bits per heavy atom. The first kappa shape index (κ1) is 42.4. The molecule has 0 spiro atoms. The van der Waals surface area contributed by atoms with Gasteiger partial charge in [0.05, 0.1) is 43.1 Å². The molecule has 39 heavy (non-hydrogen) atoms. The summed E-state index contributed by atoms with van der Waals surface area (Å²) in [5.74, 6) is 2.62. The van der Waals surface area contributed by atoms with Crippen LogP contribution in [0.3, 0.4) is 0 Å². The predicted octanol–water partition coefficient (Wildman–Crippen LogP) is 2.17. The molecule has 238 valence electrons. The highest BCUT2D eigenvalue weighted by Crippen LogP contribution is 2.34. The van der Waals surface area contributed by atoms with Crippen molar-refractivity contribution in [2.24, 2.45) is 0 Å². The highest BCUT2D eigenvalue weighted by Gasteiger charge is 2.42. The second-order valence-corrected chi connectivity index (χ2v) is 23.9. The van der Waals surface area contributed by atoms with Crippen molar-refractivity contribution in [3.8, 4) is 0 Å². The van der Waals surface area contributed by atoms with Gasteiger partial charge in [-0.15, -0.1) is 0 Å². The summed E-state index contributed by atoms with van der Waals surface area (Å²) in [4.78, 5) is 0. The van der Waals surface area contributed by atoms with Crippen molar-refractivity contribution in [3.05, 3.63) is 0 Å². The van der Waals surface area contributed by atoms with Crippen LogP contribution in [-0.2, 0) is 22.1 Å². The molecule has 0 bridgehead atoms. The van der Waals surface area contributed by atoms with E-state index >= 15 is 0 Å². The molecule has 1 heterocycles. The van der Waals surface area contributed by atoms with E-state index in [1.54, 1.807) is 35.2 Å². The molecule has 1 aliphatic heterocycles. The molecule has 16 heteroatoms. The summed E-state index contributed by atoms with van der Waals surface area (Å²) in [6, 6.07) is 2.48. The van der Waals surface area contributed by atoms with Crippen molar-refractivity contribution in [3.63, 3.8) is 0 Å².